The molecule has 1 aliphatic heterocycles. The van der Waals surface area contributed by atoms with Gasteiger partial charge in [0.2, 0.25) is 11.7 Å². The molecule has 0 spiro atoms. The Hall–Kier alpha value is -3.72. The fraction of sp³-hybridized carbons (Fsp3) is 0.182. The van der Waals surface area contributed by atoms with Crippen LogP contribution in [0.2, 0.25) is 0 Å². The number of anilines is 1. The SMILES string of the molecule is Cc1ccc(C2C(C(=O)c3sc(C)nc3C)=C(O)C(=O)N2c2nc3ccccc3[nH]2)o1. The molecule has 0 radical (unpaired) electrons. The maximum absolute atomic E-state index is 13.5. The number of amides is 1. The summed E-state index contributed by atoms with van der Waals surface area (Å²) >= 11 is 1.23. The Kier molecular flexibility index (Phi) is 4.30. The number of aliphatic hydroxyl groups excluding tert-OH is 1. The highest BCUT2D eigenvalue weighted by Crippen LogP contribution is 2.42. The van der Waals surface area contributed by atoms with Gasteiger partial charge in [-0.05, 0) is 45.0 Å². The number of aromatic nitrogens is 3. The molecule has 0 fully saturated rings. The number of ketones is 1. The molecule has 2 N–H and O–H groups in total. The van der Waals surface area contributed by atoms with E-state index in [0.29, 0.717) is 27.6 Å². The summed E-state index contributed by atoms with van der Waals surface area (Å²) in [5, 5.41) is 11.5. The average molecular weight is 434 g/mol. The molecule has 1 aromatic carbocycles. The molecule has 9 heteroatoms. The van der Waals surface area contributed by atoms with Crippen molar-refractivity contribution < 1.29 is 19.1 Å². The lowest BCUT2D eigenvalue weighted by atomic mass is 10.00. The van der Waals surface area contributed by atoms with E-state index in [4.69, 9.17) is 4.42 Å². The Labute approximate surface area is 180 Å². The zero-order valence-electron chi connectivity index (χ0n) is 17.0. The molecule has 0 saturated carbocycles. The number of aryl methyl sites for hydroxylation is 3. The molecule has 1 aliphatic rings. The maximum Gasteiger partial charge on any atom is 0.296 e. The zero-order valence-corrected chi connectivity index (χ0v) is 17.8. The van der Waals surface area contributed by atoms with Gasteiger partial charge < -0.3 is 14.5 Å². The summed E-state index contributed by atoms with van der Waals surface area (Å²) < 4.78 is 5.80. The molecule has 0 saturated heterocycles. The molecule has 4 aromatic rings. The molecule has 0 aliphatic carbocycles. The number of carbonyl (C=O) groups is 2. The summed E-state index contributed by atoms with van der Waals surface area (Å²) in [7, 11) is 0. The van der Waals surface area contributed by atoms with E-state index in [1.165, 1.54) is 16.2 Å². The van der Waals surface area contributed by atoms with Crippen molar-refractivity contribution in [3.63, 3.8) is 0 Å². The molecule has 5 rings (SSSR count). The molecule has 4 heterocycles. The van der Waals surface area contributed by atoms with Gasteiger partial charge in [0.05, 0.1) is 32.2 Å². The van der Waals surface area contributed by atoms with E-state index >= 15 is 0 Å². The second-order valence-electron chi connectivity index (χ2n) is 7.34. The summed E-state index contributed by atoms with van der Waals surface area (Å²) in [4.78, 5) is 40.2. The predicted molar refractivity (Wildman–Crippen MR) is 115 cm³/mol. The highest BCUT2D eigenvalue weighted by molar-refractivity contribution is 7.14. The third-order valence-corrected chi connectivity index (χ3v) is 6.27. The van der Waals surface area contributed by atoms with Crippen LogP contribution in [0.4, 0.5) is 5.95 Å². The highest BCUT2D eigenvalue weighted by Gasteiger charge is 2.48. The number of nitrogens with zero attached hydrogens (tertiary/aromatic N) is 3. The number of thiazole rings is 1. The van der Waals surface area contributed by atoms with Crippen LogP contribution < -0.4 is 4.90 Å². The molecule has 0 bridgehead atoms. The van der Waals surface area contributed by atoms with Crippen LogP contribution in [0.25, 0.3) is 11.0 Å². The van der Waals surface area contributed by atoms with Crippen molar-refractivity contribution in [2.45, 2.75) is 26.8 Å². The number of para-hydroxylation sites is 2. The number of benzene rings is 1. The first-order valence-electron chi connectivity index (χ1n) is 9.61. The second-order valence-corrected chi connectivity index (χ2v) is 8.55. The summed E-state index contributed by atoms with van der Waals surface area (Å²) in [5.74, 6) is -0.591. The topological polar surface area (TPSA) is 112 Å². The summed E-state index contributed by atoms with van der Waals surface area (Å²) in [6, 6.07) is 9.81. The zero-order chi connectivity index (χ0) is 21.9. The minimum absolute atomic E-state index is 0.0495. The Morgan fingerprint density at radius 3 is 2.58 bits per heavy atom. The molecule has 31 heavy (non-hydrogen) atoms. The van der Waals surface area contributed by atoms with Gasteiger partial charge in [0.25, 0.3) is 5.91 Å². The van der Waals surface area contributed by atoms with E-state index < -0.39 is 23.5 Å². The fourth-order valence-electron chi connectivity index (χ4n) is 3.84. The first-order valence-corrected chi connectivity index (χ1v) is 10.4. The van der Waals surface area contributed by atoms with Crippen LogP contribution in [-0.4, -0.2) is 31.7 Å². The molecule has 1 atom stereocenters. The van der Waals surface area contributed by atoms with Crippen molar-refractivity contribution >= 4 is 40.0 Å². The van der Waals surface area contributed by atoms with Gasteiger partial charge in [0.15, 0.2) is 5.76 Å². The van der Waals surface area contributed by atoms with Crippen LogP contribution in [0.1, 0.15) is 37.9 Å². The third kappa shape index (κ3) is 2.97. The number of rotatable bonds is 4. The monoisotopic (exact) mass is 434 g/mol. The van der Waals surface area contributed by atoms with Crippen LogP contribution in [0.3, 0.4) is 0 Å². The number of H-pyrrole nitrogens is 1. The van der Waals surface area contributed by atoms with Crippen molar-refractivity contribution in [2.24, 2.45) is 0 Å². The van der Waals surface area contributed by atoms with Gasteiger partial charge in [-0.15, -0.1) is 11.3 Å². The van der Waals surface area contributed by atoms with E-state index in [9.17, 15) is 14.7 Å². The van der Waals surface area contributed by atoms with Crippen molar-refractivity contribution in [2.75, 3.05) is 4.90 Å². The summed E-state index contributed by atoms with van der Waals surface area (Å²) in [6.07, 6.45) is 0. The Morgan fingerprint density at radius 2 is 1.94 bits per heavy atom. The standard InChI is InChI=1S/C22H18N4O4S/c1-10-8-9-15(30-10)17-16(18(27)20-11(2)23-12(3)31-20)19(28)21(29)26(17)22-24-13-6-4-5-7-14(13)25-22/h4-9,17,28H,1-3H3,(H,24,25). The van der Waals surface area contributed by atoms with Gasteiger partial charge in [0, 0.05) is 0 Å². The lowest BCUT2D eigenvalue weighted by molar-refractivity contribution is -0.117. The number of hydrogen-bond donors (Lipinski definition) is 2. The van der Waals surface area contributed by atoms with Gasteiger partial charge in [-0.2, -0.15) is 0 Å². The molecule has 156 valence electrons. The molecule has 1 unspecified atom stereocenters. The first-order chi connectivity index (χ1) is 14.8. The van der Waals surface area contributed by atoms with Crippen molar-refractivity contribution in [3.8, 4) is 0 Å². The Balaban J connectivity index is 1.68. The predicted octanol–water partition coefficient (Wildman–Crippen LogP) is 4.32. The number of aromatic amines is 1. The Morgan fingerprint density at radius 1 is 1.16 bits per heavy atom. The van der Waals surface area contributed by atoms with Crippen LogP contribution in [-0.2, 0) is 4.79 Å². The van der Waals surface area contributed by atoms with Crippen molar-refractivity contribution in [1.82, 2.24) is 15.0 Å². The van der Waals surface area contributed by atoms with Gasteiger partial charge in [0.1, 0.15) is 17.6 Å². The minimum Gasteiger partial charge on any atom is -0.503 e. The van der Waals surface area contributed by atoms with E-state index in [0.717, 1.165) is 10.5 Å². The lowest BCUT2D eigenvalue weighted by Crippen LogP contribution is -2.31. The van der Waals surface area contributed by atoms with E-state index in [1.54, 1.807) is 32.9 Å². The molecule has 8 nitrogen and oxygen atoms in total. The quantitative estimate of drug-likeness (QED) is 0.463. The van der Waals surface area contributed by atoms with Crippen LogP contribution in [0.5, 0.6) is 0 Å². The van der Waals surface area contributed by atoms with Crippen LogP contribution in [0.15, 0.2) is 52.1 Å². The highest BCUT2D eigenvalue weighted by atomic mass is 32.1. The second kappa shape index (κ2) is 6.92. The van der Waals surface area contributed by atoms with Crippen molar-refractivity contribution in [3.05, 3.63) is 74.8 Å². The minimum atomic E-state index is -0.962. The number of aliphatic hydroxyl groups is 1. The van der Waals surface area contributed by atoms with Gasteiger partial charge in [-0.25, -0.2) is 9.97 Å². The summed E-state index contributed by atoms with van der Waals surface area (Å²) in [5.41, 5.74) is 1.89. The molecular weight excluding hydrogens is 416 g/mol. The van der Waals surface area contributed by atoms with E-state index in [1.807, 2.05) is 24.3 Å². The number of hydrogen-bond acceptors (Lipinski definition) is 7. The number of carbonyl (C=O) groups excluding carboxylic acids is 2. The van der Waals surface area contributed by atoms with Gasteiger partial charge in [-0.3, -0.25) is 14.5 Å². The summed E-state index contributed by atoms with van der Waals surface area (Å²) in [6.45, 7) is 5.30. The smallest absolute Gasteiger partial charge is 0.296 e. The average Bonchev–Trinajstić information content (AvgIpc) is 3.48. The van der Waals surface area contributed by atoms with Gasteiger partial charge in [-0.1, -0.05) is 12.1 Å². The van der Waals surface area contributed by atoms with E-state index in [-0.39, 0.29) is 11.5 Å². The fourth-order valence-corrected chi connectivity index (χ4v) is 4.72. The first kappa shape index (κ1) is 19.3. The lowest BCUT2D eigenvalue weighted by Gasteiger charge is -2.22. The van der Waals surface area contributed by atoms with Crippen LogP contribution in [0, 0.1) is 20.8 Å². The number of Topliss-reactive ketones (excluding diaryl/α,β-unsaturated/α-hetero) is 1. The van der Waals surface area contributed by atoms with E-state index in [2.05, 4.69) is 15.0 Å². The molecular formula is C22H18N4O4S. The number of nitrogens with one attached hydrogen (secondary N) is 1. The molecule has 1 amide bonds. The third-order valence-electron chi connectivity index (χ3n) is 5.20. The van der Waals surface area contributed by atoms with Crippen LogP contribution >= 0.6 is 11.3 Å². The largest absolute Gasteiger partial charge is 0.503 e. The maximum atomic E-state index is 13.5. The number of fused-ring (bicyclic) bond motifs is 1. The number of furan rings is 1. The normalized spacial score (nSPS) is 16.7. The number of imidazole rings is 1. The van der Waals surface area contributed by atoms with Crippen molar-refractivity contribution in [1.29, 1.82) is 0 Å². The Bertz CT molecular complexity index is 1360. The molecule has 3 aromatic heterocycles. The van der Waals surface area contributed by atoms with Gasteiger partial charge >= 0.3 is 0 Å².